The molecule has 1 N–H and O–H groups in total. The first-order chi connectivity index (χ1) is 12.6. The quantitative estimate of drug-likeness (QED) is 0.822. The minimum Gasteiger partial charge on any atom is -0.497 e. The Morgan fingerprint density at radius 1 is 1.27 bits per heavy atom. The van der Waals surface area contributed by atoms with Gasteiger partial charge in [0.2, 0.25) is 11.8 Å². The first-order valence-electron chi connectivity index (χ1n) is 9.03. The molecular formula is C19H27N3O4. The van der Waals surface area contributed by atoms with Gasteiger partial charge in [-0.05, 0) is 38.1 Å². The Bertz CT molecular complexity index is 679. The van der Waals surface area contributed by atoms with Crippen LogP contribution in [0.25, 0.3) is 0 Å². The highest BCUT2D eigenvalue weighted by Crippen LogP contribution is 2.36. The molecule has 7 heteroatoms. The van der Waals surface area contributed by atoms with E-state index in [1.807, 2.05) is 11.9 Å². The fourth-order valence-electron chi connectivity index (χ4n) is 3.86. The molecule has 0 aliphatic carbocycles. The third-order valence-corrected chi connectivity index (χ3v) is 5.24. The van der Waals surface area contributed by atoms with Crippen molar-refractivity contribution in [1.29, 1.82) is 0 Å². The molecule has 1 aromatic rings. The van der Waals surface area contributed by atoms with Gasteiger partial charge in [-0.25, -0.2) is 0 Å². The van der Waals surface area contributed by atoms with Crippen LogP contribution < -0.4 is 19.7 Å². The Kier molecular flexibility index (Phi) is 5.66. The molecule has 3 rings (SSSR count). The maximum atomic E-state index is 12.9. The highest BCUT2D eigenvalue weighted by Gasteiger charge is 2.39. The van der Waals surface area contributed by atoms with Gasteiger partial charge in [-0.2, -0.15) is 0 Å². The molecule has 2 atom stereocenters. The second kappa shape index (κ2) is 7.95. The van der Waals surface area contributed by atoms with E-state index in [-0.39, 0.29) is 24.2 Å². The molecule has 2 fully saturated rings. The number of benzene rings is 1. The van der Waals surface area contributed by atoms with E-state index >= 15 is 0 Å². The van der Waals surface area contributed by atoms with E-state index in [2.05, 4.69) is 5.32 Å². The lowest BCUT2D eigenvalue weighted by Gasteiger charge is -2.22. The van der Waals surface area contributed by atoms with E-state index in [9.17, 15) is 9.59 Å². The number of methoxy groups -OCH3 is 2. The van der Waals surface area contributed by atoms with Gasteiger partial charge in [-0.15, -0.1) is 0 Å². The maximum absolute atomic E-state index is 12.9. The van der Waals surface area contributed by atoms with Crippen LogP contribution in [0.4, 0.5) is 5.69 Å². The molecule has 2 aliphatic heterocycles. The summed E-state index contributed by atoms with van der Waals surface area (Å²) in [5.74, 6) is 1.49. The zero-order valence-electron chi connectivity index (χ0n) is 15.7. The first-order valence-corrected chi connectivity index (χ1v) is 9.03. The van der Waals surface area contributed by atoms with E-state index in [0.717, 1.165) is 26.1 Å². The highest BCUT2D eigenvalue weighted by molar-refractivity contribution is 6.01. The van der Waals surface area contributed by atoms with Gasteiger partial charge >= 0.3 is 0 Å². The number of ether oxygens (including phenoxy) is 2. The smallest absolute Gasteiger partial charge is 0.228 e. The van der Waals surface area contributed by atoms with Crippen molar-refractivity contribution < 1.29 is 19.1 Å². The number of carbonyl (C=O) groups is 2. The molecule has 2 aliphatic rings. The Balaban J connectivity index is 1.70. The van der Waals surface area contributed by atoms with Crippen LogP contribution in [-0.4, -0.2) is 64.2 Å². The van der Waals surface area contributed by atoms with Gasteiger partial charge in [0, 0.05) is 32.1 Å². The van der Waals surface area contributed by atoms with Crippen molar-refractivity contribution in [3.63, 3.8) is 0 Å². The van der Waals surface area contributed by atoms with Gasteiger partial charge in [-0.1, -0.05) is 0 Å². The van der Waals surface area contributed by atoms with Crippen LogP contribution in [0.1, 0.15) is 12.8 Å². The molecule has 0 radical (unpaired) electrons. The lowest BCUT2D eigenvalue weighted by atomic mass is 10.1. The van der Waals surface area contributed by atoms with Crippen LogP contribution in [0.15, 0.2) is 18.2 Å². The Hall–Kier alpha value is -2.28. The van der Waals surface area contributed by atoms with Crippen molar-refractivity contribution in [3.05, 3.63) is 18.2 Å². The molecule has 7 nitrogen and oxygen atoms in total. The summed E-state index contributed by atoms with van der Waals surface area (Å²) in [5, 5.41) is 3.17. The van der Waals surface area contributed by atoms with Crippen molar-refractivity contribution in [2.45, 2.75) is 12.8 Å². The number of nitrogens with zero attached hydrogens (tertiary/aromatic N) is 2. The molecule has 2 unspecified atom stereocenters. The van der Waals surface area contributed by atoms with Crippen LogP contribution in [0, 0.1) is 11.8 Å². The Morgan fingerprint density at radius 2 is 2.08 bits per heavy atom. The van der Waals surface area contributed by atoms with Crippen molar-refractivity contribution in [3.8, 4) is 11.5 Å². The van der Waals surface area contributed by atoms with Crippen LogP contribution in [0.2, 0.25) is 0 Å². The summed E-state index contributed by atoms with van der Waals surface area (Å²) < 4.78 is 10.6. The lowest BCUT2D eigenvalue weighted by molar-refractivity contribution is -0.134. The third-order valence-electron chi connectivity index (χ3n) is 5.24. The molecule has 2 amide bonds. The zero-order chi connectivity index (χ0) is 18.7. The summed E-state index contributed by atoms with van der Waals surface area (Å²) in [4.78, 5) is 29.0. The summed E-state index contributed by atoms with van der Waals surface area (Å²) in [6.45, 7) is 2.87. The zero-order valence-corrected chi connectivity index (χ0v) is 15.7. The molecular weight excluding hydrogens is 334 g/mol. The topological polar surface area (TPSA) is 71.1 Å². The van der Waals surface area contributed by atoms with Crippen LogP contribution >= 0.6 is 0 Å². The molecule has 142 valence electrons. The van der Waals surface area contributed by atoms with Gasteiger partial charge in [-0.3, -0.25) is 9.59 Å². The van der Waals surface area contributed by atoms with Gasteiger partial charge < -0.3 is 24.6 Å². The van der Waals surface area contributed by atoms with E-state index in [1.54, 1.807) is 37.3 Å². The van der Waals surface area contributed by atoms with Crippen molar-refractivity contribution in [2.75, 3.05) is 52.3 Å². The summed E-state index contributed by atoms with van der Waals surface area (Å²) in [6.07, 6.45) is 1.27. The SMILES string of the molecule is CNCC1CCN(C(=O)C2CC(=O)N(c3ccc(OC)cc3OC)C2)C1. The number of nitrogens with one attached hydrogen (secondary N) is 1. The molecule has 0 saturated carbocycles. The molecule has 2 saturated heterocycles. The fraction of sp³-hybridized carbons (Fsp3) is 0.579. The number of hydrogen-bond donors (Lipinski definition) is 1. The van der Waals surface area contributed by atoms with Crippen LogP contribution in [0.3, 0.4) is 0 Å². The predicted octanol–water partition coefficient (Wildman–Crippen LogP) is 1.12. The fourth-order valence-corrected chi connectivity index (χ4v) is 3.86. The van der Waals surface area contributed by atoms with Crippen molar-refractivity contribution in [2.24, 2.45) is 11.8 Å². The lowest BCUT2D eigenvalue weighted by Crippen LogP contribution is -2.36. The van der Waals surface area contributed by atoms with Crippen LogP contribution in [0.5, 0.6) is 11.5 Å². The van der Waals surface area contributed by atoms with Gasteiger partial charge in [0.1, 0.15) is 11.5 Å². The summed E-state index contributed by atoms with van der Waals surface area (Å²) in [6, 6.07) is 5.35. The van der Waals surface area contributed by atoms with E-state index in [4.69, 9.17) is 9.47 Å². The van der Waals surface area contributed by atoms with Gasteiger partial charge in [0.05, 0.1) is 25.8 Å². The molecule has 0 bridgehead atoms. The number of amides is 2. The van der Waals surface area contributed by atoms with E-state index in [0.29, 0.717) is 29.6 Å². The molecule has 1 aromatic carbocycles. The predicted molar refractivity (Wildman–Crippen MR) is 98.6 cm³/mol. The summed E-state index contributed by atoms with van der Waals surface area (Å²) in [5.41, 5.74) is 0.683. The summed E-state index contributed by atoms with van der Waals surface area (Å²) in [7, 11) is 5.08. The highest BCUT2D eigenvalue weighted by atomic mass is 16.5. The van der Waals surface area contributed by atoms with Crippen LogP contribution in [-0.2, 0) is 9.59 Å². The summed E-state index contributed by atoms with van der Waals surface area (Å²) >= 11 is 0. The minimum absolute atomic E-state index is 0.0437. The molecule has 0 spiro atoms. The molecule has 26 heavy (non-hydrogen) atoms. The number of rotatable bonds is 6. The van der Waals surface area contributed by atoms with Gasteiger partial charge in [0.25, 0.3) is 0 Å². The van der Waals surface area contributed by atoms with Gasteiger partial charge in [0.15, 0.2) is 0 Å². The number of anilines is 1. The maximum Gasteiger partial charge on any atom is 0.228 e. The minimum atomic E-state index is -0.289. The van der Waals surface area contributed by atoms with E-state index < -0.39 is 0 Å². The molecule has 2 heterocycles. The number of carbonyl (C=O) groups excluding carboxylic acids is 2. The Labute approximate surface area is 154 Å². The average molecular weight is 361 g/mol. The second-order valence-corrected chi connectivity index (χ2v) is 6.94. The number of likely N-dealkylation sites (tertiary alicyclic amines) is 1. The first kappa shape index (κ1) is 18.5. The second-order valence-electron chi connectivity index (χ2n) is 6.94. The van der Waals surface area contributed by atoms with E-state index in [1.165, 1.54) is 0 Å². The Morgan fingerprint density at radius 3 is 2.77 bits per heavy atom. The largest absolute Gasteiger partial charge is 0.497 e. The van der Waals surface area contributed by atoms with Crippen molar-refractivity contribution in [1.82, 2.24) is 10.2 Å². The number of hydrogen-bond acceptors (Lipinski definition) is 5. The van der Waals surface area contributed by atoms with Crippen molar-refractivity contribution >= 4 is 17.5 Å². The standard InChI is InChI=1S/C19H27N3O4/c1-20-10-13-6-7-21(11-13)19(24)14-8-18(23)22(12-14)16-5-4-15(25-2)9-17(16)26-3/h4-5,9,13-14,20H,6-8,10-12H2,1-3H3. The third kappa shape index (κ3) is 3.62. The molecule has 0 aromatic heterocycles. The normalized spacial score (nSPS) is 22.8. The monoisotopic (exact) mass is 361 g/mol. The average Bonchev–Trinajstić information content (AvgIpc) is 3.27.